The van der Waals surface area contributed by atoms with Crippen molar-refractivity contribution in [2.24, 2.45) is 0 Å². The minimum Gasteiger partial charge on any atom is -0.352 e. The lowest BCUT2D eigenvalue weighted by molar-refractivity contribution is -0.116. The Bertz CT molecular complexity index is 552. The molecule has 1 aliphatic rings. The third-order valence-electron chi connectivity index (χ3n) is 3.27. The van der Waals surface area contributed by atoms with E-state index in [-0.39, 0.29) is 30.3 Å². The first kappa shape index (κ1) is 20.1. The fraction of sp³-hybridized carbons (Fsp3) is 0.467. The van der Waals surface area contributed by atoms with Crippen LogP contribution in [0.15, 0.2) is 18.2 Å². The van der Waals surface area contributed by atoms with E-state index in [9.17, 15) is 9.59 Å². The molecular formula is C15H21Cl2N3O2S. The van der Waals surface area contributed by atoms with Crippen molar-refractivity contribution in [3.63, 3.8) is 0 Å². The fourth-order valence-electron chi connectivity index (χ4n) is 2.24. The van der Waals surface area contributed by atoms with Crippen LogP contribution in [0.5, 0.6) is 0 Å². The number of hydrogen-bond donors (Lipinski definition) is 3. The van der Waals surface area contributed by atoms with Crippen LogP contribution < -0.4 is 16.0 Å². The van der Waals surface area contributed by atoms with Crippen molar-refractivity contribution < 1.29 is 9.59 Å². The quantitative estimate of drug-likeness (QED) is 0.737. The summed E-state index contributed by atoms with van der Waals surface area (Å²) >= 11 is 7.79. The van der Waals surface area contributed by atoms with E-state index in [1.807, 2.05) is 18.7 Å². The molecular weight excluding hydrogens is 357 g/mol. The molecule has 1 aliphatic heterocycles. The number of rotatable bonds is 5. The van der Waals surface area contributed by atoms with Crippen molar-refractivity contribution in [1.82, 2.24) is 10.6 Å². The number of thioether (sulfide) groups is 1. The second-order valence-corrected chi connectivity index (χ2v) is 6.61. The van der Waals surface area contributed by atoms with Crippen LogP contribution in [0.3, 0.4) is 0 Å². The summed E-state index contributed by atoms with van der Waals surface area (Å²) in [5.41, 5.74) is 0.873. The zero-order valence-corrected chi connectivity index (χ0v) is 15.2. The Morgan fingerprint density at radius 1 is 1.43 bits per heavy atom. The molecule has 1 fully saturated rings. The average Bonchev–Trinajstić information content (AvgIpc) is 2.50. The smallest absolute Gasteiger partial charge is 0.253 e. The Hall–Kier alpha value is -0.950. The van der Waals surface area contributed by atoms with Gasteiger partial charge < -0.3 is 16.0 Å². The lowest BCUT2D eigenvalue weighted by atomic mass is 10.1. The van der Waals surface area contributed by atoms with E-state index in [2.05, 4.69) is 16.0 Å². The summed E-state index contributed by atoms with van der Waals surface area (Å²) in [5, 5.41) is 9.32. The summed E-state index contributed by atoms with van der Waals surface area (Å²) in [6, 6.07) is 5.07. The molecule has 5 nitrogen and oxygen atoms in total. The maximum absolute atomic E-state index is 12.2. The predicted octanol–water partition coefficient (Wildman–Crippen LogP) is 2.55. The van der Waals surface area contributed by atoms with Crippen molar-refractivity contribution in [1.29, 1.82) is 0 Å². The molecule has 2 rings (SSSR count). The Morgan fingerprint density at radius 2 is 2.22 bits per heavy atom. The second-order valence-electron chi connectivity index (χ2n) is 5.03. The second kappa shape index (κ2) is 10.0. The van der Waals surface area contributed by atoms with Gasteiger partial charge in [0, 0.05) is 42.1 Å². The monoisotopic (exact) mass is 377 g/mol. The van der Waals surface area contributed by atoms with Crippen LogP contribution in [-0.4, -0.2) is 42.5 Å². The molecule has 0 aliphatic carbocycles. The van der Waals surface area contributed by atoms with Crippen molar-refractivity contribution in [2.75, 3.05) is 29.9 Å². The van der Waals surface area contributed by atoms with E-state index in [0.717, 1.165) is 18.1 Å². The Balaban J connectivity index is 0.00000264. The first-order chi connectivity index (χ1) is 10.6. The highest BCUT2D eigenvalue weighted by atomic mass is 35.5. The standard InChI is InChI=1S/C15H20ClN3O2S.ClH/c1-2-17-15(21)12-7-10(16)3-4-13(12)19-14(20)8-11-9-22-6-5-18-11;/h3-4,7,11,18H,2,5-6,8-9H2,1H3,(H,17,21)(H,19,20);1H. The highest BCUT2D eigenvalue weighted by Crippen LogP contribution is 2.21. The molecule has 8 heteroatoms. The van der Waals surface area contributed by atoms with Crippen molar-refractivity contribution in [2.45, 2.75) is 19.4 Å². The predicted molar refractivity (Wildman–Crippen MR) is 99.1 cm³/mol. The van der Waals surface area contributed by atoms with Gasteiger partial charge in [0.15, 0.2) is 0 Å². The van der Waals surface area contributed by atoms with Crippen LogP contribution >= 0.6 is 35.8 Å². The van der Waals surface area contributed by atoms with Crippen molar-refractivity contribution >= 4 is 53.3 Å². The Kier molecular flexibility index (Phi) is 8.76. The van der Waals surface area contributed by atoms with Crippen LogP contribution in [0.2, 0.25) is 5.02 Å². The summed E-state index contributed by atoms with van der Waals surface area (Å²) in [6.07, 6.45) is 0.393. The number of carbonyl (C=O) groups excluding carboxylic acids is 2. The van der Waals surface area contributed by atoms with Crippen LogP contribution in [0, 0.1) is 0 Å². The zero-order valence-electron chi connectivity index (χ0n) is 12.9. The highest BCUT2D eigenvalue weighted by molar-refractivity contribution is 7.99. The van der Waals surface area contributed by atoms with E-state index < -0.39 is 0 Å². The number of hydrogen-bond acceptors (Lipinski definition) is 4. The van der Waals surface area contributed by atoms with Gasteiger partial charge in [-0.25, -0.2) is 0 Å². The number of benzene rings is 1. The topological polar surface area (TPSA) is 70.2 Å². The molecule has 0 aromatic heterocycles. The van der Waals surface area contributed by atoms with E-state index in [1.54, 1.807) is 18.2 Å². The number of amides is 2. The maximum Gasteiger partial charge on any atom is 0.253 e. The minimum atomic E-state index is -0.244. The van der Waals surface area contributed by atoms with E-state index >= 15 is 0 Å². The van der Waals surface area contributed by atoms with Gasteiger partial charge in [-0.3, -0.25) is 9.59 Å². The van der Waals surface area contributed by atoms with Gasteiger partial charge in [0.2, 0.25) is 5.91 Å². The van der Waals surface area contributed by atoms with Crippen molar-refractivity contribution in [3.05, 3.63) is 28.8 Å². The number of nitrogens with one attached hydrogen (secondary N) is 3. The molecule has 23 heavy (non-hydrogen) atoms. The largest absolute Gasteiger partial charge is 0.352 e. The molecule has 0 saturated carbocycles. The third kappa shape index (κ3) is 6.22. The molecule has 0 spiro atoms. The molecule has 1 aromatic carbocycles. The van der Waals surface area contributed by atoms with Crippen LogP contribution in [0.1, 0.15) is 23.7 Å². The molecule has 1 aromatic rings. The van der Waals surface area contributed by atoms with Gasteiger partial charge >= 0.3 is 0 Å². The van der Waals surface area contributed by atoms with Gasteiger partial charge in [-0.15, -0.1) is 12.4 Å². The van der Waals surface area contributed by atoms with E-state index in [0.29, 0.717) is 29.2 Å². The van der Waals surface area contributed by atoms with Crippen molar-refractivity contribution in [3.8, 4) is 0 Å². The first-order valence-corrected chi connectivity index (χ1v) is 8.82. The van der Waals surface area contributed by atoms with Crippen LogP contribution in [-0.2, 0) is 4.79 Å². The van der Waals surface area contributed by atoms with Gasteiger partial charge in [0.1, 0.15) is 0 Å². The lowest BCUT2D eigenvalue weighted by Gasteiger charge is -2.22. The molecule has 3 N–H and O–H groups in total. The van der Waals surface area contributed by atoms with Crippen LogP contribution in [0.4, 0.5) is 5.69 Å². The SMILES string of the molecule is CCNC(=O)c1cc(Cl)ccc1NC(=O)CC1CSCCN1.Cl. The van der Waals surface area contributed by atoms with Crippen LogP contribution in [0.25, 0.3) is 0 Å². The molecule has 1 unspecified atom stereocenters. The maximum atomic E-state index is 12.2. The zero-order chi connectivity index (χ0) is 15.9. The molecule has 128 valence electrons. The van der Waals surface area contributed by atoms with Gasteiger partial charge in [-0.1, -0.05) is 11.6 Å². The summed E-state index contributed by atoms with van der Waals surface area (Å²) < 4.78 is 0. The Labute approximate surface area is 151 Å². The summed E-state index contributed by atoms with van der Waals surface area (Å²) in [7, 11) is 0. The summed E-state index contributed by atoms with van der Waals surface area (Å²) in [5.74, 6) is 1.66. The molecule has 2 amide bonds. The van der Waals surface area contributed by atoms with Gasteiger partial charge in [-0.2, -0.15) is 11.8 Å². The summed E-state index contributed by atoms with van der Waals surface area (Å²) in [4.78, 5) is 24.2. The lowest BCUT2D eigenvalue weighted by Crippen LogP contribution is -2.40. The molecule has 1 atom stereocenters. The minimum absolute atomic E-state index is 0. The molecule has 0 bridgehead atoms. The number of anilines is 1. The highest BCUT2D eigenvalue weighted by Gasteiger charge is 2.18. The molecule has 0 radical (unpaired) electrons. The van der Waals surface area contributed by atoms with Gasteiger partial charge in [0.25, 0.3) is 5.91 Å². The summed E-state index contributed by atoms with van der Waals surface area (Å²) in [6.45, 7) is 3.28. The third-order valence-corrected chi connectivity index (χ3v) is 4.63. The number of halogens is 2. The van der Waals surface area contributed by atoms with E-state index in [1.165, 1.54) is 0 Å². The average molecular weight is 378 g/mol. The first-order valence-electron chi connectivity index (χ1n) is 7.29. The van der Waals surface area contributed by atoms with Gasteiger partial charge in [0.05, 0.1) is 11.3 Å². The molecule has 1 heterocycles. The normalized spacial score (nSPS) is 17.0. The van der Waals surface area contributed by atoms with Gasteiger partial charge in [-0.05, 0) is 25.1 Å². The van der Waals surface area contributed by atoms with E-state index in [4.69, 9.17) is 11.6 Å². The fourth-order valence-corrected chi connectivity index (χ4v) is 3.37. The Morgan fingerprint density at radius 3 is 2.87 bits per heavy atom. The molecule has 1 saturated heterocycles. The number of carbonyl (C=O) groups is 2.